The summed E-state index contributed by atoms with van der Waals surface area (Å²) in [5.74, 6) is 0.595. The van der Waals surface area contributed by atoms with Crippen molar-refractivity contribution >= 4 is 12.0 Å². The average Bonchev–Trinajstić information content (AvgIpc) is 2.71. The van der Waals surface area contributed by atoms with Crippen LogP contribution in [0.2, 0.25) is 0 Å². The highest BCUT2D eigenvalue weighted by molar-refractivity contribution is 5.90. The summed E-state index contributed by atoms with van der Waals surface area (Å²) >= 11 is 0. The van der Waals surface area contributed by atoms with Crippen LogP contribution in [0.5, 0.6) is 0 Å². The van der Waals surface area contributed by atoms with E-state index in [-0.39, 0.29) is 18.6 Å². The van der Waals surface area contributed by atoms with Gasteiger partial charge in [-0.2, -0.15) is 0 Å². The molecule has 0 spiro atoms. The SMILES string of the molecule is COC(=O)c1cc(CNC(=O)NC2CCCCCC2)oc1C. The Balaban J connectivity index is 1.82. The van der Waals surface area contributed by atoms with Crippen LogP contribution < -0.4 is 10.6 Å². The van der Waals surface area contributed by atoms with E-state index in [2.05, 4.69) is 15.4 Å². The summed E-state index contributed by atoms with van der Waals surface area (Å²) in [4.78, 5) is 23.4. The molecule has 1 aliphatic carbocycles. The van der Waals surface area contributed by atoms with Crippen LogP contribution in [0.4, 0.5) is 4.79 Å². The van der Waals surface area contributed by atoms with E-state index in [0.29, 0.717) is 17.1 Å². The number of esters is 1. The summed E-state index contributed by atoms with van der Waals surface area (Å²) in [5.41, 5.74) is 0.392. The lowest BCUT2D eigenvalue weighted by molar-refractivity contribution is 0.0598. The van der Waals surface area contributed by atoms with E-state index in [4.69, 9.17) is 4.42 Å². The Morgan fingerprint density at radius 1 is 1.27 bits per heavy atom. The van der Waals surface area contributed by atoms with Gasteiger partial charge in [-0.25, -0.2) is 9.59 Å². The van der Waals surface area contributed by atoms with Crippen LogP contribution >= 0.6 is 0 Å². The standard InChI is InChI=1S/C16H24N2O4/c1-11-14(15(19)21-2)9-13(22-11)10-17-16(20)18-12-7-5-3-4-6-8-12/h9,12H,3-8,10H2,1-2H3,(H2,17,18,20). The predicted octanol–water partition coefficient (Wildman–Crippen LogP) is 2.90. The predicted molar refractivity (Wildman–Crippen MR) is 81.6 cm³/mol. The number of carbonyl (C=O) groups excluding carboxylic acids is 2. The molecule has 2 N–H and O–H groups in total. The maximum atomic E-state index is 11.9. The van der Waals surface area contributed by atoms with E-state index in [1.54, 1.807) is 13.0 Å². The van der Waals surface area contributed by atoms with E-state index < -0.39 is 5.97 Å². The van der Waals surface area contributed by atoms with E-state index in [9.17, 15) is 9.59 Å². The van der Waals surface area contributed by atoms with Crippen molar-refractivity contribution in [2.24, 2.45) is 0 Å². The van der Waals surface area contributed by atoms with Gasteiger partial charge in [0.15, 0.2) is 0 Å². The van der Waals surface area contributed by atoms with Crippen LogP contribution in [0, 0.1) is 6.92 Å². The second-order valence-corrected chi connectivity index (χ2v) is 5.69. The third kappa shape index (κ3) is 4.51. The summed E-state index contributed by atoms with van der Waals surface area (Å²) in [5, 5.41) is 5.77. The number of hydrogen-bond donors (Lipinski definition) is 2. The molecular weight excluding hydrogens is 284 g/mol. The fraction of sp³-hybridized carbons (Fsp3) is 0.625. The van der Waals surface area contributed by atoms with Crippen molar-refractivity contribution in [1.29, 1.82) is 0 Å². The van der Waals surface area contributed by atoms with Gasteiger partial charge in [0.25, 0.3) is 0 Å². The first kappa shape index (κ1) is 16.4. The first-order valence-corrected chi connectivity index (χ1v) is 7.82. The van der Waals surface area contributed by atoms with Crippen LogP contribution in [0.1, 0.15) is 60.4 Å². The Bertz CT molecular complexity index is 516. The molecule has 6 nitrogen and oxygen atoms in total. The molecule has 1 aromatic rings. The minimum atomic E-state index is -0.435. The normalized spacial score (nSPS) is 15.9. The van der Waals surface area contributed by atoms with Crippen molar-refractivity contribution in [3.8, 4) is 0 Å². The fourth-order valence-electron chi connectivity index (χ4n) is 2.77. The maximum Gasteiger partial charge on any atom is 0.341 e. The molecule has 0 aliphatic heterocycles. The molecule has 0 radical (unpaired) electrons. The third-order valence-electron chi connectivity index (χ3n) is 3.99. The van der Waals surface area contributed by atoms with Gasteiger partial charge in [0.2, 0.25) is 0 Å². The Kier molecular flexibility index (Phi) is 5.86. The summed E-state index contributed by atoms with van der Waals surface area (Å²) in [6.45, 7) is 1.94. The van der Waals surface area contributed by atoms with Gasteiger partial charge in [-0.1, -0.05) is 25.7 Å². The number of aryl methyl sites for hydroxylation is 1. The minimum absolute atomic E-state index is 0.194. The van der Waals surface area contributed by atoms with Crippen LogP contribution in [0.15, 0.2) is 10.5 Å². The number of hydrogen-bond acceptors (Lipinski definition) is 4. The second kappa shape index (κ2) is 7.87. The van der Waals surface area contributed by atoms with E-state index in [1.807, 2.05) is 0 Å². The van der Waals surface area contributed by atoms with Crippen LogP contribution in [0.25, 0.3) is 0 Å². The zero-order valence-electron chi connectivity index (χ0n) is 13.2. The molecule has 0 unspecified atom stereocenters. The molecule has 1 heterocycles. The van der Waals surface area contributed by atoms with E-state index in [1.165, 1.54) is 32.8 Å². The smallest absolute Gasteiger partial charge is 0.341 e. The number of rotatable bonds is 4. The van der Waals surface area contributed by atoms with Crippen LogP contribution in [-0.4, -0.2) is 25.2 Å². The molecular formula is C16H24N2O4. The van der Waals surface area contributed by atoms with Crippen molar-refractivity contribution in [2.45, 2.75) is 58.0 Å². The number of methoxy groups -OCH3 is 1. The van der Waals surface area contributed by atoms with Gasteiger partial charge in [-0.05, 0) is 25.8 Å². The molecule has 1 aromatic heterocycles. The first-order chi connectivity index (χ1) is 10.6. The molecule has 2 rings (SSSR count). The fourth-order valence-corrected chi connectivity index (χ4v) is 2.77. The van der Waals surface area contributed by atoms with Crippen molar-refractivity contribution in [3.63, 3.8) is 0 Å². The highest BCUT2D eigenvalue weighted by Gasteiger charge is 2.17. The number of amides is 2. The second-order valence-electron chi connectivity index (χ2n) is 5.69. The molecule has 122 valence electrons. The maximum absolute atomic E-state index is 11.9. The summed E-state index contributed by atoms with van der Waals surface area (Å²) in [6.07, 6.45) is 6.93. The van der Waals surface area contributed by atoms with E-state index >= 15 is 0 Å². The van der Waals surface area contributed by atoms with Crippen molar-refractivity contribution < 1.29 is 18.7 Å². The highest BCUT2D eigenvalue weighted by atomic mass is 16.5. The van der Waals surface area contributed by atoms with Crippen LogP contribution in [0.3, 0.4) is 0 Å². The van der Waals surface area contributed by atoms with Gasteiger partial charge in [0, 0.05) is 6.04 Å². The lowest BCUT2D eigenvalue weighted by atomic mass is 10.1. The number of nitrogens with one attached hydrogen (secondary N) is 2. The zero-order valence-corrected chi connectivity index (χ0v) is 13.2. The molecule has 0 aromatic carbocycles. The lowest BCUT2D eigenvalue weighted by Gasteiger charge is -2.16. The summed E-state index contributed by atoms with van der Waals surface area (Å²) in [6, 6.07) is 1.67. The van der Waals surface area contributed by atoms with Gasteiger partial charge >= 0.3 is 12.0 Å². The number of ether oxygens (including phenoxy) is 1. The molecule has 1 aliphatic rings. The molecule has 1 fully saturated rings. The number of urea groups is 1. The Morgan fingerprint density at radius 3 is 2.59 bits per heavy atom. The van der Waals surface area contributed by atoms with E-state index in [0.717, 1.165) is 12.8 Å². The molecule has 1 saturated carbocycles. The molecule has 22 heavy (non-hydrogen) atoms. The van der Waals surface area contributed by atoms with Crippen molar-refractivity contribution in [2.75, 3.05) is 7.11 Å². The van der Waals surface area contributed by atoms with Gasteiger partial charge in [-0.15, -0.1) is 0 Å². The topological polar surface area (TPSA) is 80.6 Å². The highest BCUT2D eigenvalue weighted by Crippen LogP contribution is 2.17. The van der Waals surface area contributed by atoms with Gasteiger partial charge < -0.3 is 19.8 Å². The summed E-state index contributed by atoms with van der Waals surface area (Å²) in [7, 11) is 1.33. The third-order valence-corrected chi connectivity index (χ3v) is 3.99. The average molecular weight is 308 g/mol. The molecule has 0 bridgehead atoms. The molecule has 0 atom stereocenters. The molecule has 0 saturated heterocycles. The minimum Gasteiger partial charge on any atom is -0.465 e. The first-order valence-electron chi connectivity index (χ1n) is 7.82. The molecule has 2 amide bonds. The monoisotopic (exact) mass is 308 g/mol. The van der Waals surface area contributed by atoms with Gasteiger partial charge in [0.05, 0.1) is 13.7 Å². The zero-order chi connectivity index (χ0) is 15.9. The Morgan fingerprint density at radius 2 is 1.95 bits per heavy atom. The Hall–Kier alpha value is -1.98. The summed E-state index contributed by atoms with van der Waals surface area (Å²) < 4.78 is 10.1. The number of carbonyl (C=O) groups is 2. The quantitative estimate of drug-likeness (QED) is 0.662. The van der Waals surface area contributed by atoms with Gasteiger partial charge in [-0.3, -0.25) is 0 Å². The molecule has 6 heteroatoms. The van der Waals surface area contributed by atoms with Crippen molar-refractivity contribution in [3.05, 3.63) is 23.2 Å². The van der Waals surface area contributed by atoms with Crippen LogP contribution in [-0.2, 0) is 11.3 Å². The number of furan rings is 1. The lowest BCUT2D eigenvalue weighted by Crippen LogP contribution is -2.41. The largest absolute Gasteiger partial charge is 0.465 e. The Labute approximate surface area is 130 Å². The van der Waals surface area contributed by atoms with Gasteiger partial charge in [0.1, 0.15) is 17.1 Å². The van der Waals surface area contributed by atoms with Crippen molar-refractivity contribution in [1.82, 2.24) is 10.6 Å².